The highest BCUT2D eigenvalue weighted by Crippen LogP contribution is 2.08. The van der Waals surface area contributed by atoms with Crippen molar-refractivity contribution in [3.8, 4) is 0 Å². The summed E-state index contributed by atoms with van der Waals surface area (Å²) in [5.74, 6) is -0.0141. The third-order valence-electron chi connectivity index (χ3n) is 3.10. The number of hydrogen-bond acceptors (Lipinski definition) is 5. The summed E-state index contributed by atoms with van der Waals surface area (Å²) in [7, 11) is -2.16. The van der Waals surface area contributed by atoms with E-state index in [1.165, 1.54) is 24.0 Å². The highest BCUT2D eigenvalue weighted by atomic mass is 35.5. The number of nitrogens with zero attached hydrogens (tertiary/aromatic N) is 2. The number of carbonyl (C=O) groups is 1. The van der Waals surface area contributed by atoms with Gasteiger partial charge < -0.3 is 11.1 Å². The first-order valence-corrected chi connectivity index (χ1v) is 8.65. The van der Waals surface area contributed by atoms with E-state index in [2.05, 4.69) is 15.1 Å². The van der Waals surface area contributed by atoms with Gasteiger partial charge in [-0.15, -0.1) is 12.4 Å². The van der Waals surface area contributed by atoms with Crippen LogP contribution in [0.15, 0.2) is 17.3 Å². The number of aryl methyl sites for hydroxylation is 1. The number of nitrogens with one attached hydrogen (secondary N) is 2. The van der Waals surface area contributed by atoms with Crippen LogP contribution in [0.25, 0.3) is 0 Å². The van der Waals surface area contributed by atoms with Gasteiger partial charge in [-0.2, -0.15) is 9.82 Å². The number of hydrogen-bond donors (Lipinski definition) is 3. The summed E-state index contributed by atoms with van der Waals surface area (Å²) in [4.78, 5) is 12.1. The van der Waals surface area contributed by atoms with Gasteiger partial charge >= 0.3 is 0 Å². The van der Waals surface area contributed by atoms with Gasteiger partial charge in [-0.25, -0.2) is 8.42 Å². The molecule has 0 bridgehead atoms. The summed E-state index contributed by atoms with van der Waals surface area (Å²) >= 11 is 0. The van der Waals surface area contributed by atoms with Gasteiger partial charge in [0.2, 0.25) is 15.9 Å². The van der Waals surface area contributed by atoms with Crippen LogP contribution >= 0.6 is 12.4 Å². The van der Waals surface area contributed by atoms with E-state index >= 15 is 0 Å². The SMILES string of the molecule is CC(C)CC(CN)NC(=O)C(C)NS(=O)(=O)c1cnn(C)c1.Cl. The molecule has 0 saturated carbocycles. The molecule has 1 rings (SSSR count). The first-order chi connectivity index (χ1) is 10.2. The van der Waals surface area contributed by atoms with Crippen molar-refractivity contribution >= 4 is 28.3 Å². The molecule has 8 nitrogen and oxygen atoms in total. The lowest BCUT2D eigenvalue weighted by Gasteiger charge is -2.21. The van der Waals surface area contributed by atoms with Crippen molar-refractivity contribution in [1.82, 2.24) is 19.8 Å². The van der Waals surface area contributed by atoms with Crippen LogP contribution in [0.2, 0.25) is 0 Å². The molecule has 0 aliphatic heterocycles. The monoisotopic (exact) mass is 367 g/mol. The minimum Gasteiger partial charge on any atom is -0.351 e. The van der Waals surface area contributed by atoms with Crippen LogP contribution in [-0.4, -0.2) is 42.7 Å². The van der Waals surface area contributed by atoms with E-state index in [4.69, 9.17) is 5.73 Å². The zero-order chi connectivity index (χ0) is 16.9. The minimum absolute atomic E-state index is 0. The molecule has 2 atom stereocenters. The van der Waals surface area contributed by atoms with Crippen molar-refractivity contribution in [3.05, 3.63) is 12.4 Å². The van der Waals surface area contributed by atoms with Crippen LogP contribution in [-0.2, 0) is 21.9 Å². The van der Waals surface area contributed by atoms with Crippen LogP contribution in [0.5, 0.6) is 0 Å². The Labute approximate surface area is 143 Å². The van der Waals surface area contributed by atoms with Gasteiger partial charge in [0.05, 0.1) is 12.2 Å². The quantitative estimate of drug-likeness (QED) is 0.597. The smallest absolute Gasteiger partial charge is 0.244 e. The topological polar surface area (TPSA) is 119 Å². The maximum absolute atomic E-state index is 12.1. The molecule has 1 aromatic heterocycles. The lowest BCUT2D eigenvalue weighted by atomic mass is 10.0. The molecule has 0 aliphatic rings. The molecular weight excluding hydrogens is 342 g/mol. The second-order valence-corrected chi connectivity index (χ2v) is 7.48. The fourth-order valence-electron chi connectivity index (χ4n) is 2.00. The summed E-state index contributed by atoms with van der Waals surface area (Å²) in [6, 6.07) is -1.07. The average molecular weight is 368 g/mol. The number of carbonyl (C=O) groups excluding carboxylic acids is 1. The molecular formula is C13H26ClN5O3S. The molecule has 134 valence electrons. The molecule has 23 heavy (non-hydrogen) atoms. The average Bonchev–Trinajstić information content (AvgIpc) is 2.84. The first-order valence-electron chi connectivity index (χ1n) is 7.17. The fraction of sp³-hybridized carbons (Fsp3) is 0.692. The molecule has 1 aromatic rings. The first kappa shape index (κ1) is 21.8. The molecule has 1 heterocycles. The number of halogens is 1. The molecule has 0 aliphatic carbocycles. The van der Waals surface area contributed by atoms with Crippen molar-refractivity contribution in [2.45, 2.75) is 44.2 Å². The third-order valence-corrected chi connectivity index (χ3v) is 4.60. The van der Waals surface area contributed by atoms with E-state index in [1.54, 1.807) is 7.05 Å². The van der Waals surface area contributed by atoms with Gasteiger partial charge in [0.25, 0.3) is 0 Å². The lowest BCUT2D eigenvalue weighted by Crippen LogP contribution is -2.50. The third kappa shape index (κ3) is 6.86. The normalized spacial score (nSPS) is 14.2. The van der Waals surface area contributed by atoms with Crippen molar-refractivity contribution in [2.24, 2.45) is 18.7 Å². The predicted molar refractivity (Wildman–Crippen MR) is 90.7 cm³/mol. The lowest BCUT2D eigenvalue weighted by molar-refractivity contribution is -0.123. The summed E-state index contributed by atoms with van der Waals surface area (Å²) in [6.07, 6.45) is 3.34. The zero-order valence-corrected chi connectivity index (χ0v) is 15.4. The summed E-state index contributed by atoms with van der Waals surface area (Å²) < 4.78 is 28.0. The van der Waals surface area contributed by atoms with Gasteiger partial charge in [0, 0.05) is 25.8 Å². The molecule has 0 aromatic carbocycles. The predicted octanol–water partition coefficient (Wildman–Crippen LogP) is -0.00170. The Kier molecular flexibility index (Phi) is 8.75. The molecule has 0 saturated heterocycles. The molecule has 0 fully saturated rings. The summed E-state index contributed by atoms with van der Waals surface area (Å²) in [6.45, 7) is 5.87. The Bertz CT molecular complexity index is 603. The second kappa shape index (κ2) is 9.21. The van der Waals surface area contributed by atoms with Crippen molar-refractivity contribution in [3.63, 3.8) is 0 Å². The van der Waals surface area contributed by atoms with E-state index in [0.29, 0.717) is 12.5 Å². The van der Waals surface area contributed by atoms with E-state index < -0.39 is 22.0 Å². The van der Waals surface area contributed by atoms with Gasteiger partial charge in [-0.05, 0) is 19.3 Å². The summed E-state index contributed by atoms with van der Waals surface area (Å²) in [5, 5.41) is 6.58. The van der Waals surface area contributed by atoms with E-state index in [1.807, 2.05) is 13.8 Å². The molecule has 1 amide bonds. The Morgan fingerprint density at radius 1 is 1.39 bits per heavy atom. The zero-order valence-electron chi connectivity index (χ0n) is 13.8. The molecule has 0 spiro atoms. The molecule has 2 unspecified atom stereocenters. The Morgan fingerprint density at radius 3 is 2.43 bits per heavy atom. The van der Waals surface area contributed by atoms with Crippen LogP contribution in [0.3, 0.4) is 0 Å². The van der Waals surface area contributed by atoms with Crippen molar-refractivity contribution in [2.75, 3.05) is 6.54 Å². The highest BCUT2D eigenvalue weighted by molar-refractivity contribution is 7.89. The Morgan fingerprint density at radius 2 is 2.00 bits per heavy atom. The number of aromatic nitrogens is 2. The summed E-state index contributed by atoms with van der Waals surface area (Å²) in [5.41, 5.74) is 5.63. The van der Waals surface area contributed by atoms with E-state index in [0.717, 1.165) is 6.42 Å². The van der Waals surface area contributed by atoms with Crippen LogP contribution in [0.1, 0.15) is 27.2 Å². The maximum Gasteiger partial charge on any atom is 0.244 e. The van der Waals surface area contributed by atoms with Gasteiger partial charge in [0.15, 0.2) is 0 Å². The molecule has 10 heteroatoms. The Hall–Kier alpha value is -1.16. The largest absolute Gasteiger partial charge is 0.351 e. The molecule has 4 N–H and O–H groups in total. The van der Waals surface area contributed by atoms with E-state index in [9.17, 15) is 13.2 Å². The number of sulfonamides is 1. The molecule has 0 radical (unpaired) electrons. The van der Waals surface area contributed by atoms with Crippen LogP contribution < -0.4 is 15.8 Å². The van der Waals surface area contributed by atoms with Crippen molar-refractivity contribution in [1.29, 1.82) is 0 Å². The van der Waals surface area contributed by atoms with Gasteiger partial charge in [-0.3, -0.25) is 9.48 Å². The number of rotatable bonds is 8. The number of nitrogens with two attached hydrogens (primary N) is 1. The maximum atomic E-state index is 12.1. The number of amides is 1. The standard InChI is InChI=1S/C13H25N5O3S.ClH/c1-9(2)5-11(6-14)16-13(19)10(3)17-22(20,21)12-7-15-18(4)8-12;/h7-11,17H,5-6,14H2,1-4H3,(H,16,19);1H. The van der Waals surface area contributed by atoms with E-state index in [-0.39, 0.29) is 23.3 Å². The highest BCUT2D eigenvalue weighted by Gasteiger charge is 2.24. The Balaban J connectivity index is 0.00000484. The van der Waals surface area contributed by atoms with Crippen molar-refractivity contribution < 1.29 is 13.2 Å². The van der Waals surface area contributed by atoms with Gasteiger partial charge in [0.1, 0.15) is 4.90 Å². The van der Waals surface area contributed by atoms with Gasteiger partial charge in [-0.1, -0.05) is 13.8 Å². The van der Waals surface area contributed by atoms with Crippen LogP contribution in [0, 0.1) is 5.92 Å². The van der Waals surface area contributed by atoms with Crippen LogP contribution in [0.4, 0.5) is 0 Å². The fourth-order valence-corrected chi connectivity index (χ4v) is 3.19. The second-order valence-electron chi connectivity index (χ2n) is 5.76. The minimum atomic E-state index is -3.77.